The quantitative estimate of drug-likeness (QED) is 0.475. The first-order chi connectivity index (χ1) is 9.26. The summed E-state index contributed by atoms with van der Waals surface area (Å²) in [6, 6.07) is 9.80. The van der Waals surface area contributed by atoms with Gasteiger partial charge in [-0.05, 0) is 25.1 Å². The molecule has 0 radical (unpaired) electrons. The molecular formula is C15H15NO3. The van der Waals surface area contributed by atoms with Crippen LogP contribution < -0.4 is 0 Å². The second-order valence-corrected chi connectivity index (χ2v) is 3.82. The first-order valence-electron chi connectivity index (χ1n) is 5.94. The van der Waals surface area contributed by atoms with E-state index in [1.54, 1.807) is 17.6 Å². The third-order valence-electron chi connectivity index (χ3n) is 2.59. The van der Waals surface area contributed by atoms with Crippen molar-refractivity contribution in [2.45, 2.75) is 6.92 Å². The van der Waals surface area contributed by atoms with E-state index in [1.807, 2.05) is 36.5 Å². The number of para-hydroxylation sites is 1. The van der Waals surface area contributed by atoms with Crippen molar-refractivity contribution in [3.05, 3.63) is 55.3 Å². The average Bonchev–Trinajstić information content (AvgIpc) is 2.86. The van der Waals surface area contributed by atoms with Crippen LogP contribution in [0, 0.1) is 0 Å². The first kappa shape index (κ1) is 13.0. The number of hydrogen-bond acceptors (Lipinski definition) is 3. The number of carbonyl (C=O) groups is 1. The zero-order valence-electron chi connectivity index (χ0n) is 10.7. The maximum absolute atomic E-state index is 11.5. The largest absolute Gasteiger partial charge is 0.515 e. The fourth-order valence-corrected chi connectivity index (χ4v) is 1.76. The zero-order valence-corrected chi connectivity index (χ0v) is 10.7. The van der Waals surface area contributed by atoms with Crippen LogP contribution in [0.3, 0.4) is 0 Å². The smallest absolute Gasteiger partial charge is 0.430 e. The van der Waals surface area contributed by atoms with Gasteiger partial charge >= 0.3 is 6.16 Å². The van der Waals surface area contributed by atoms with Gasteiger partial charge in [0.25, 0.3) is 0 Å². The number of rotatable bonds is 4. The Morgan fingerprint density at radius 3 is 2.89 bits per heavy atom. The van der Waals surface area contributed by atoms with Crippen molar-refractivity contribution in [2.75, 3.05) is 6.61 Å². The topological polar surface area (TPSA) is 40.5 Å². The predicted molar refractivity (Wildman–Crippen MR) is 74.5 cm³/mol. The van der Waals surface area contributed by atoms with Crippen molar-refractivity contribution in [2.24, 2.45) is 0 Å². The molecule has 0 aliphatic heterocycles. The molecule has 1 heterocycles. The van der Waals surface area contributed by atoms with Gasteiger partial charge in [-0.1, -0.05) is 30.9 Å². The summed E-state index contributed by atoms with van der Waals surface area (Å²) >= 11 is 0. The number of allylic oxidation sites excluding steroid dienone is 1. The second-order valence-electron chi connectivity index (χ2n) is 3.82. The van der Waals surface area contributed by atoms with E-state index in [2.05, 4.69) is 6.58 Å². The molecule has 1 aromatic heterocycles. The number of carbonyl (C=O) groups excluding carboxylic acids is 1. The molecule has 0 saturated heterocycles. The average molecular weight is 257 g/mol. The molecule has 19 heavy (non-hydrogen) atoms. The SMILES string of the molecule is C=CCOC(=O)O/C(=C\C)n1ccc2ccccc21. The highest BCUT2D eigenvalue weighted by atomic mass is 16.7. The van der Waals surface area contributed by atoms with Gasteiger partial charge in [0.05, 0.1) is 5.52 Å². The summed E-state index contributed by atoms with van der Waals surface area (Å²) in [7, 11) is 0. The van der Waals surface area contributed by atoms with E-state index in [1.165, 1.54) is 6.08 Å². The molecule has 0 spiro atoms. The third kappa shape index (κ3) is 2.85. The van der Waals surface area contributed by atoms with Crippen molar-refractivity contribution in [3.63, 3.8) is 0 Å². The molecular weight excluding hydrogens is 242 g/mol. The Balaban J connectivity index is 2.23. The van der Waals surface area contributed by atoms with Gasteiger partial charge in [0.2, 0.25) is 5.88 Å². The van der Waals surface area contributed by atoms with Crippen LogP contribution in [0.5, 0.6) is 0 Å². The minimum Gasteiger partial charge on any atom is -0.430 e. The van der Waals surface area contributed by atoms with E-state index >= 15 is 0 Å². The molecule has 2 aromatic rings. The number of benzene rings is 1. The van der Waals surface area contributed by atoms with E-state index in [0.29, 0.717) is 5.88 Å². The van der Waals surface area contributed by atoms with Gasteiger partial charge in [-0.25, -0.2) is 4.79 Å². The van der Waals surface area contributed by atoms with Gasteiger partial charge in [0, 0.05) is 11.6 Å². The molecule has 2 rings (SSSR count). The summed E-state index contributed by atoms with van der Waals surface area (Å²) in [6.07, 6.45) is 4.30. The normalized spacial score (nSPS) is 11.3. The van der Waals surface area contributed by atoms with Gasteiger partial charge in [0.1, 0.15) is 6.61 Å². The minimum absolute atomic E-state index is 0.127. The lowest BCUT2D eigenvalue weighted by Gasteiger charge is -2.10. The molecule has 98 valence electrons. The van der Waals surface area contributed by atoms with Crippen LogP contribution in [0.4, 0.5) is 4.79 Å². The number of aromatic nitrogens is 1. The Hall–Kier alpha value is -2.49. The second kappa shape index (κ2) is 5.91. The van der Waals surface area contributed by atoms with Crippen LogP contribution >= 0.6 is 0 Å². The summed E-state index contributed by atoms with van der Waals surface area (Å²) in [5.74, 6) is 0.412. The van der Waals surface area contributed by atoms with E-state index in [4.69, 9.17) is 9.47 Å². The highest BCUT2D eigenvalue weighted by Crippen LogP contribution is 2.20. The molecule has 0 amide bonds. The fraction of sp³-hybridized carbons (Fsp3) is 0.133. The minimum atomic E-state index is -0.745. The van der Waals surface area contributed by atoms with Crippen LogP contribution in [-0.4, -0.2) is 17.3 Å². The lowest BCUT2D eigenvalue weighted by atomic mass is 10.2. The van der Waals surface area contributed by atoms with Gasteiger partial charge in [-0.15, -0.1) is 0 Å². The maximum Gasteiger partial charge on any atom is 0.515 e. The molecule has 0 atom stereocenters. The molecule has 1 aromatic carbocycles. The molecule has 0 unspecified atom stereocenters. The van der Waals surface area contributed by atoms with E-state index in [9.17, 15) is 4.79 Å². The molecule has 0 N–H and O–H groups in total. The summed E-state index contributed by atoms with van der Waals surface area (Å²) in [5, 5.41) is 1.07. The number of fused-ring (bicyclic) bond motifs is 1. The molecule has 4 heteroatoms. The lowest BCUT2D eigenvalue weighted by molar-refractivity contribution is 0.0975. The fourth-order valence-electron chi connectivity index (χ4n) is 1.76. The zero-order chi connectivity index (χ0) is 13.7. The first-order valence-corrected chi connectivity index (χ1v) is 5.94. The summed E-state index contributed by atoms with van der Waals surface area (Å²) in [4.78, 5) is 11.5. The van der Waals surface area contributed by atoms with Gasteiger partial charge in [0.15, 0.2) is 0 Å². The Morgan fingerprint density at radius 1 is 1.37 bits per heavy atom. The molecule has 0 bridgehead atoms. The van der Waals surface area contributed by atoms with Crippen LogP contribution in [-0.2, 0) is 9.47 Å². The Bertz CT molecular complexity index is 625. The predicted octanol–water partition coefficient (Wildman–Crippen LogP) is 3.80. The van der Waals surface area contributed by atoms with Crippen molar-refractivity contribution >= 4 is 22.9 Å². The number of ether oxygens (including phenoxy) is 2. The van der Waals surface area contributed by atoms with Crippen LogP contribution in [0.15, 0.2) is 55.3 Å². The van der Waals surface area contributed by atoms with E-state index in [-0.39, 0.29) is 6.61 Å². The van der Waals surface area contributed by atoms with Crippen molar-refractivity contribution in [3.8, 4) is 0 Å². The van der Waals surface area contributed by atoms with Gasteiger partial charge in [-0.3, -0.25) is 4.57 Å². The van der Waals surface area contributed by atoms with Crippen molar-refractivity contribution in [1.29, 1.82) is 0 Å². The standard InChI is InChI=1S/C15H15NO3/c1-3-11-18-15(17)19-14(4-2)16-10-9-12-7-5-6-8-13(12)16/h3-10H,1,11H2,2H3/b14-4-. The lowest BCUT2D eigenvalue weighted by Crippen LogP contribution is -2.10. The van der Waals surface area contributed by atoms with Crippen molar-refractivity contribution in [1.82, 2.24) is 4.57 Å². The highest BCUT2D eigenvalue weighted by molar-refractivity contribution is 5.83. The van der Waals surface area contributed by atoms with Crippen molar-refractivity contribution < 1.29 is 14.3 Å². The Kier molecular flexibility index (Phi) is 4.03. The summed E-state index contributed by atoms with van der Waals surface area (Å²) in [5.41, 5.74) is 0.965. The van der Waals surface area contributed by atoms with E-state index in [0.717, 1.165) is 10.9 Å². The number of hydrogen-bond donors (Lipinski definition) is 0. The van der Waals surface area contributed by atoms with Crippen LogP contribution in [0.25, 0.3) is 16.8 Å². The molecule has 4 nitrogen and oxygen atoms in total. The molecule has 0 saturated carbocycles. The molecule has 0 aliphatic rings. The monoisotopic (exact) mass is 257 g/mol. The Labute approximate surface area is 111 Å². The summed E-state index contributed by atoms with van der Waals surface area (Å²) in [6.45, 7) is 5.39. The third-order valence-corrected chi connectivity index (χ3v) is 2.59. The van der Waals surface area contributed by atoms with Gasteiger partial charge < -0.3 is 9.47 Å². The van der Waals surface area contributed by atoms with Crippen LogP contribution in [0.2, 0.25) is 0 Å². The van der Waals surface area contributed by atoms with E-state index < -0.39 is 6.16 Å². The number of nitrogens with zero attached hydrogens (tertiary/aromatic N) is 1. The summed E-state index contributed by atoms with van der Waals surface area (Å²) < 4.78 is 11.8. The van der Waals surface area contributed by atoms with Crippen LogP contribution in [0.1, 0.15) is 6.92 Å². The molecule has 0 aliphatic carbocycles. The maximum atomic E-state index is 11.5. The Morgan fingerprint density at radius 2 is 2.16 bits per heavy atom. The highest BCUT2D eigenvalue weighted by Gasteiger charge is 2.11. The van der Waals surface area contributed by atoms with Gasteiger partial charge in [-0.2, -0.15) is 0 Å². The molecule has 0 fully saturated rings.